The molecule has 0 fully saturated rings. The zero-order valence-corrected chi connectivity index (χ0v) is 27.9. The second-order valence-corrected chi connectivity index (χ2v) is 12.2. The molecule has 244 valence electrons. The molecule has 5 aromatic heterocycles. The van der Waals surface area contributed by atoms with Crippen LogP contribution in [0.5, 0.6) is 0 Å². The van der Waals surface area contributed by atoms with Crippen molar-refractivity contribution in [3.63, 3.8) is 0 Å². The monoisotopic (exact) mass is 667 g/mol. The van der Waals surface area contributed by atoms with E-state index >= 15 is 0 Å². The Morgan fingerprint density at radius 1 is 0.288 bits per heavy atom. The van der Waals surface area contributed by atoms with E-state index in [4.69, 9.17) is 24.9 Å². The molecule has 7 nitrogen and oxygen atoms in total. The largest absolute Gasteiger partial charge is 0.255 e. The number of fused-ring (bicyclic) bond motifs is 1. The maximum atomic E-state index is 4.97. The Morgan fingerprint density at radius 2 is 0.788 bits per heavy atom. The normalized spacial score (nSPS) is 11.1. The van der Waals surface area contributed by atoms with E-state index in [0.29, 0.717) is 17.5 Å². The topological polar surface area (TPSA) is 90.2 Å². The first kappa shape index (κ1) is 30.8. The van der Waals surface area contributed by atoms with Crippen molar-refractivity contribution in [3.05, 3.63) is 176 Å². The van der Waals surface area contributed by atoms with Crippen LogP contribution >= 0.6 is 0 Å². The summed E-state index contributed by atoms with van der Waals surface area (Å²) in [6, 6.07) is 52.7. The van der Waals surface area contributed by atoms with Gasteiger partial charge in [-0.3, -0.25) is 15.0 Å². The summed E-state index contributed by atoms with van der Waals surface area (Å²) in [7, 11) is 0. The summed E-state index contributed by atoms with van der Waals surface area (Å²) in [4.78, 5) is 33.7. The lowest BCUT2D eigenvalue weighted by molar-refractivity contribution is 1.07. The number of aromatic nitrogens is 7. The highest BCUT2D eigenvalue weighted by molar-refractivity contribution is 6.05. The molecule has 0 bridgehead atoms. The molecule has 0 amide bonds. The highest BCUT2D eigenvalue weighted by Gasteiger charge is 2.16. The molecule has 52 heavy (non-hydrogen) atoms. The number of rotatable bonds is 7. The number of hydrogen-bond acceptors (Lipinski definition) is 7. The molecule has 0 saturated heterocycles. The number of nitrogens with zero attached hydrogens (tertiary/aromatic N) is 7. The number of hydrogen-bond donors (Lipinski definition) is 0. The van der Waals surface area contributed by atoms with Gasteiger partial charge in [-0.1, -0.05) is 109 Å². The molecule has 0 saturated carbocycles. The van der Waals surface area contributed by atoms with Crippen molar-refractivity contribution in [2.24, 2.45) is 0 Å². The fourth-order valence-electron chi connectivity index (χ4n) is 6.37. The van der Waals surface area contributed by atoms with Crippen molar-refractivity contribution in [1.29, 1.82) is 0 Å². The van der Waals surface area contributed by atoms with Crippen molar-refractivity contribution < 1.29 is 0 Å². The Balaban J connectivity index is 1.13. The summed E-state index contributed by atoms with van der Waals surface area (Å²) in [6.45, 7) is 0. The zero-order valence-electron chi connectivity index (χ0n) is 27.9. The average Bonchev–Trinajstić information content (AvgIpc) is 3.24. The maximum Gasteiger partial charge on any atom is 0.165 e. The van der Waals surface area contributed by atoms with Gasteiger partial charge in [-0.15, -0.1) is 0 Å². The van der Waals surface area contributed by atoms with Crippen molar-refractivity contribution in [1.82, 2.24) is 34.9 Å². The molecule has 4 aromatic carbocycles. The fourth-order valence-corrected chi connectivity index (χ4v) is 6.37. The van der Waals surface area contributed by atoms with E-state index in [2.05, 4.69) is 58.5 Å². The van der Waals surface area contributed by atoms with Crippen LogP contribution in [0.2, 0.25) is 0 Å². The minimum absolute atomic E-state index is 0.567. The lowest BCUT2D eigenvalue weighted by Gasteiger charge is -2.14. The van der Waals surface area contributed by atoms with Crippen LogP contribution in [0.1, 0.15) is 0 Å². The number of pyridine rings is 4. The van der Waals surface area contributed by atoms with Crippen molar-refractivity contribution in [3.8, 4) is 79.3 Å². The van der Waals surface area contributed by atoms with Crippen molar-refractivity contribution in [2.45, 2.75) is 0 Å². The van der Waals surface area contributed by atoms with E-state index in [9.17, 15) is 0 Å². The molecule has 5 heterocycles. The summed E-state index contributed by atoms with van der Waals surface area (Å²) in [5.74, 6) is 1.80. The molecular weight excluding hydrogens is 639 g/mol. The standard InChI is InChI=1S/C45H29N7/c1-3-13-30(14-4-1)43-50-44(31-15-5-2-6-16-31)52-45(51-43)32-21-24-38(48-29-32)37-23-22-34(35-17-7-8-18-36(35)37)33-27-41(39-19-9-11-25-46-39)49-42(28-33)40-20-10-12-26-47-40/h1-29H. The first-order valence-electron chi connectivity index (χ1n) is 17.0. The van der Waals surface area contributed by atoms with Gasteiger partial charge in [0.05, 0.1) is 28.5 Å². The molecule has 0 aliphatic rings. The van der Waals surface area contributed by atoms with Crippen LogP contribution in [-0.2, 0) is 0 Å². The van der Waals surface area contributed by atoms with E-state index in [0.717, 1.165) is 72.6 Å². The van der Waals surface area contributed by atoms with E-state index in [1.807, 2.05) is 115 Å². The highest BCUT2D eigenvalue weighted by Crippen LogP contribution is 2.37. The Bertz CT molecular complexity index is 2530. The molecule has 0 unspecified atom stereocenters. The number of benzene rings is 4. The smallest absolute Gasteiger partial charge is 0.165 e. The van der Waals surface area contributed by atoms with Gasteiger partial charge in [0.2, 0.25) is 0 Å². The van der Waals surface area contributed by atoms with Crippen molar-refractivity contribution in [2.75, 3.05) is 0 Å². The van der Waals surface area contributed by atoms with Gasteiger partial charge in [-0.05, 0) is 70.4 Å². The molecule has 0 aliphatic heterocycles. The molecule has 0 radical (unpaired) electrons. The molecule has 9 rings (SSSR count). The quantitative estimate of drug-likeness (QED) is 0.167. The highest BCUT2D eigenvalue weighted by atomic mass is 15.0. The van der Waals surface area contributed by atoms with E-state index in [-0.39, 0.29) is 0 Å². The van der Waals surface area contributed by atoms with Crippen LogP contribution in [0, 0.1) is 0 Å². The van der Waals surface area contributed by atoms with Gasteiger partial charge >= 0.3 is 0 Å². The van der Waals surface area contributed by atoms with Crippen molar-refractivity contribution >= 4 is 10.8 Å². The van der Waals surface area contributed by atoms with Crippen LogP contribution in [0.3, 0.4) is 0 Å². The van der Waals surface area contributed by atoms with Crippen LogP contribution in [0.4, 0.5) is 0 Å². The lowest BCUT2D eigenvalue weighted by atomic mass is 9.93. The molecule has 7 heteroatoms. The SMILES string of the molecule is c1ccc(-c2nc(-c3ccccc3)nc(-c3ccc(-c4ccc(-c5cc(-c6ccccn6)nc(-c6ccccn6)c5)c5ccccc45)nc3)n2)cc1. The molecule has 0 N–H and O–H groups in total. The van der Waals surface area contributed by atoms with Gasteiger partial charge < -0.3 is 0 Å². The molecular formula is C45H29N7. The summed E-state index contributed by atoms with van der Waals surface area (Å²) in [6.07, 6.45) is 5.42. The lowest BCUT2D eigenvalue weighted by Crippen LogP contribution is -2.00. The second-order valence-electron chi connectivity index (χ2n) is 12.2. The fraction of sp³-hybridized carbons (Fsp3) is 0. The summed E-state index contributed by atoms with van der Waals surface area (Å²) >= 11 is 0. The third-order valence-corrected chi connectivity index (χ3v) is 8.91. The first-order valence-corrected chi connectivity index (χ1v) is 17.0. The summed E-state index contributed by atoms with van der Waals surface area (Å²) in [5, 5.41) is 2.20. The van der Waals surface area contributed by atoms with E-state index in [1.54, 1.807) is 12.4 Å². The van der Waals surface area contributed by atoms with Gasteiger partial charge in [-0.2, -0.15) is 0 Å². The van der Waals surface area contributed by atoms with Gasteiger partial charge in [0.15, 0.2) is 17.5 Å². The predicted octanol–water partition coefficient (Wildman–Crippen LogP) is 10.3. The molecule has 0 spiro atoms. The second kappa shape index (κ2) is 13.6. The Hall–Kier alpha value is -7.25. The summed E-state index contributed by atoms with van der Waals surface area (Å²) in [5.41, 5.74) is 9.82. The van der Waals surface area contributed by atoms with E-state index in [1.165, 1.54) is 0 Å². The van der Waals surface area contributed by atoms with Crippen LogP contribution in [0.25, 0.3) is 90.1 Å². The van der Waals surface area contributed by atoms with Crippen LogP contribution < -0.4 is 0 Å². The Morgan fingerprint density at radius 3 is 1.31 bits per heavy atom. The predicted molar refractivity (Wildman–Crippen MR) is 207 cm³/mol. The van der Waals surface area contributed by atoms with Gasteiger partial charge in [-0.25, -0.2) is 19.9 Å². The molecule has 0 atom stereocenters. The van der Waals surface area contributed by atoms with E-state index < -0.39 is 0 Å². The minimum Gasteiger partial charge on any atom is -0.255 e. The van der Waals surface area contributed by atoms with Gasteiger partial charge in [0.1, 0.15) is 0 Å². The molecule has 9 aromatic rings. The van der Waals surface area contributed by atoms with Crippen LogP contribution in [0.15, 0.2) is 176 Å². The molecule has 0 aliphatic carbocycles. The third kappa shape index (κ3) is 6.08. The average molecular weight is 668 g/mol. The van der Waals surface area contributed by atoms with Gasteiger partial charge in [0, 0.05) is 40.8 Å². The third-order valence-electron chi connectivity index (χ3n) is 8.91. The van der Waals surface area contributed by atoms with Crippen LogP contribution in [-0.4, -0.2) is 34.9 Å². The maximum absolute atomic E-state index is 4.97. The Labute approximate surface area is 300 Å². The van der Waals surface area contributed by atoms with Gasteiger partial charge in [0.25, 0.3) is 0 Å². The zero-order chi connectivity index (χ0) is 34.7. The first-order chi connectivity index (χ1) is 25.8. The Kier molecular flexibility index (Phi) is 8.04. The summed E-state index contributed by atoms with van der Waals surface area (Å²) < 4.78 is 0. The minimum atomic E-state index is 0.567.